The molecule has 0 saturated carbocycles. The molecule has 1 saturated heterocycles. The van der Waals surface area contributed by atoms with E-state index in [0.717, 1.165) is 16.7 Å². The summed E-state index contributed by atoms with van der Waals surface area (Å²) in [6.45, 7) is 7.33. The number of aliphatic imine (C=N–C) groups is 1. The highest BCUT2D eigenvalue weighted by Gasteiger charge is 2.45. The number of halogens is 1. The number of aromatic nitrogens is 1. The summed E-state index contributed by atoms with van der Waals surface area (Å²) in [5.41, 5.74) is 0.239. The van der Waals surface area contributed by atoms with Crippen LogP contribution in [0.5, 0.6) is 0 Å². The number of aryl methyl sites for hydroxylation is 1. The molecule has 1 atom stereocenters. The zero-order valence-electron chi connectivity index (χ0n) is 16.5. The number of carbonyl (C=O) groups is 2. The van der Waals surface area contributed by atoms with Crippen molar-refractivity contribution in [3.8, 4) is 0 Å². The maximum absolute atomic E-state index is 12.4. The third kappa shape index (κ3) is 5.77. The lowest BCUT2D eigenvalue weighted by Gasteiger charge is -2.22. The molecule has 0 radical (unpaired) electrons. The Morgan fingerprint density at radius 3 is 2.70 bits per heavy atom. The van der Waals surface area contributed by atoms with Crippen LogP contribution in [-0.4, -0.2) is 65.4 Å². The van der Waals surface area contributed by atoms with Gasteiger partial charge in [-0.1, -0.05) is 6.92 Å². The Labute approximate surface area is 181 Å². The van der Waals surface area contributed by atoms with Crippen LogP contribution in [0.4, 0.5) is 4.79 Å². The Morgan fingerprint density at radius 2 is 2.19 bits per heavy atom. The standard InChI is InChI=1S/C17H28N6O2S.HI/c1-6-17(3)14(24)23(16(25)21-17)9-7-8-19-15(18-4)22(5)10-13-11-26-12(2)20-13;/h11H,6-10H2,1-5H3,(H,18,19)(H,21,25);1H. The average Bonchev–Trinajstić information content (AvgIpc) is 3.10. The Hall–Kier alpha value is -1.43. The Balaban J connectivity index is 0.00000364. The number of hydrogen-bond acceptors (Lipinski definition) is 5. The number of imide groups is 1. The molecule has 1 aliphatic rings. The zero-order valence-corrected chi connectivity index (χ0v) is 19.7. The molecule has 1 aliphatic heterocycles. The second-order valence-corrected chi connectivity index (χ2v) is 7.68. The summed E-state index contributed by atoms with van der Waals surface area (Å²) in [4.78, 5) is 36.4. The summed E-state index contributed by atoms with van der Waals surface area (Å²) >= 11 is 1.63. The van der Waals surface area contributed by atoms with Crippen LogP contribution >= 0.6 is 35.3 Å². The van der Waals surface area contributed by atoms with Crippen LogP contribution in [-0.2, 0) is 11.3 Å². The molecular formula is C17H29IN6O2S. The van der Waals surface area contributed by atoms with Gasteiger partial charge >= 0.3 is 6.03 Å². The molecule has 0 bridgehead atoms. The Bertz CT molecular complexity index is 695. The summed E-state index contributed by atoms with van der Waals surface area (Å²) in [5.74, 6) is 0.608. The van der Waals surface area contributed by atoms with Crippen molar-refractivity contribution in [2.75, 3.05) is 27.2 Å². The second-order valence-electron chi connectivity index (χ2n) is 6.61. The van der Waals surface area contributed by atoms with Gasteiger partial charge in [0.1, 0.15) is 5.54 Å². The number of nitrogens with zero attached hydrogens (tertiary/aromatic N) is 4. The molecule has 1 fully saturated rings. The van der Waals surface area contributed by atoms with Crippen LogP contribution in [0.2, 0.25) is 0 Å². The van der Waals surface area contributed by atoms with Crippen LogP contribution < -0.4 is 10.6 Å². The van der Waals surface area contributed by atoms with E-state index in [1.54, 1.807) is 25.3 Å². The molecule has 1 aromatic rings. The van der Waals surface area contributed by atoms with Gasteiger partial charge in [0.2, 0.25) is 0 Å². The first-order chi connectivity index (χ1) is 12.3. The Kier molecular flexibility index (Phi) is 8.92. The number of carbonyl (C=O) groups excluding carboxylic acids is 2. The van der Waals surface area contributed by atoms with Crippen LogP contribution in [0.3, 0.4) is 0 Å². The van der Waals surface area contributed by atoms with E-state index in [0.29, 0.717) is 32.5 Å². The summed E-state index contributed by atoms with van der Waals surface area (Å²) in [5, 5.41) is 9.12. The van der Waals surface area contributed by atoms with E-state index in [2.05, 4.69) is 20.6 Å². The van der Waals surface area contributed by atoms with Crippen molar-refractivity contribution >= 4 is 53.2 Å². The molecule has 0 spiro atoms. The predicted molar refractivity (Wildman–Crippen MR) is 119 cm³/mol. The van der Waals surface area contributed by atoms with Gasteiger partial charge < -0.3 is 15.5 Å². The number of hydrogen-bond donors (Lipinski definition) is 2. The molecule has 0 aromatic carbocycles. The predicted octanol–water partition coefficient (Wildman–Crippen LogP) is 2.19. The van der Waals surface area contributed by atoms with Gasteiger partial charge in [-0.05, 0) is 26.7 Å². The van der Waals surface area contributed by atoms with Crippen molar-refractivity contribution < 1.29 is 9.59 Å². The quantitative estimate of drug-likeness (QED) is 0.194. The monoisotopic (exact) mass is 508 g/mol. The summed E-state index contributed by atoms with van der Waals surface area (Å²) < 4.78 is 0. The number of nitrogens with one attached hydrogen (secondary N) is 2. The highest BCUT2D eigenvalue weighted by molar-refractivity contribution is 14.0. The molecule has 27 heavy (non-hydrogen) atoms. The van der Waals surface area contributed by atoms with Crippen molar-refractivity contribution in [2.45, 2.75) is 45.7 Å². The van der Waals surface area contributed by atoms with Crippen LogP contribution in [0.25, 0.3) is 0 Å². The maximum atomic E-state index is 12.4. The number of urea groups is 1. The first-order valence-electron chi connectivity index (χ1n) is 8.77. The Morgan fingerprint density at radius 1 is 1.48 bits per heavy atom. The molecule has 10 heteroatoms. The third-order valence-corrected chi connectivity index (χ3v) is 5.36. The topological polar surface area (TPSA) is 89.9 Å². The highest BCUT2D eigenvalue weighted by Crippen LogP contribution is 2.20. The second kappa shape index (κ2) is 10.2. The van der Waals surface area contributed by atoms with Crippen molar-refractivity contribution in [1.29, 1.82) is 0 Å². The van der Waals surface area contributed by atoms with Gasteiger partial charge in [-0.25, -0.2) is 9.78 Å². The number of guanidine groups is 1. The van der Waals surface area contributed by atoms with E-state index in [1.807, 2.05) is 31.2 Å². The number of amides is 3. The van der Waals surface area contributed by atoms with Gasteiger partial charge in [0.15, 0.2) is 5.96 Å². The fourth-order valence-electron chi connectivity index (χ4n) is 2.81. The molecule has 8 nitrogen and oxygen atoms in total. The highest BCUT2D eigenvalue weighted by atomic mass is 127. The first-order valence-corrected chi connectivity index (χ1v) is 9.65. The van der Waals surface area contributed by atoms with Gasteiger partial charge in [-0.2, -0.15) is 0 Å². The molecular weight excluding hydrogens is 479 g/mol. The molecule has 152 valence electrons. The molecule has 2 N–H and O–H groups in total. The average molecular weight is 508 g/mol. The van der Waals surface area contributed by atoms with Crippen LogP contribution in [0.1, 0.15) is 37.4 Å². The lowest BCUT2D eigenvalue weighted by atomic mass is 9.99. The van der Waals surface area contributed by atoms with Crippen LogP contribution in [0.15, 0.2) is 10.4 Å². The van der Waals surface area contributed by atoms with Gasteiger partial charge in [0, 0.05) is 32.6 Å². The molecule has 3 amide bonds. The summed E-state index contributed by atoms with van der Waals surface area (Å²) in [6, 6.07) is -0.306. The fourth-order valence-corrected chi connectivity index (χ4v) is 3.41. The molecule has 0 aliphatic carbocycles. The van der Waals surface area contributed by atoms with Crippen molar-refractivity contribution in [1.82, 2.24) is 25.4 Å². The summed E-state index contributed by atoms with van der Waals surface area (Å²) in [7, 11) is 3.68. The van der Waals surface area contributed by atoms with Gasteiger partial charge in [0.25, 0.3) is 5.91 Å². The minimum atomic E-state index is -0.771. The SMILES string of the molecule is CCC1(C)NC(=O)N(CCCNC(=NC)N(C)Cc2csc(C)n2)C1=O.I. The molecule has 1 aromatic heterocycles. The van der Waals surface area contributed by atoms with E-state index < -0.39 is 5.54 Å². The summed E-state index contributed by atoms with van der Waals surface area (Å²) in [6.07, 6.45) is 1.24. The van der Waals surface area contributed by atoms with E-state index >= 15 is 0 Å². The van der Waals surface area contributed by atoms with E-state index in [9.17, 15) is 9.59 Å². The maximum Gasteiger partial charge on any atom is 0.325 e. The van der Waals surface area contributed by atoms with Crippen molar-refractivity contribution in [3.63, 3.8) is 0 Å². The molecule has 2 heterocycles. The zero-order chi connectivity index (χ0) is 19.3. The third-order valence-electron chi connectivity index (χ3n) is 4.53. The number of rotatable bonds is 7. The van der Waals surface area contributed by atoms with E-state index in [-0.39, 0.29) is 35.9 Å². The fraction of sp³-hybridized carbons (Fsp3) is 0.647. The lowest BCUT2D eigenvalue weighted by Crippen LogP contribution is -2.43. The van der Waals surface area contributed by atoms with Gasteiger partial charge in [-0.15, -0.1) is 35.3 Å². The van der Waals surface area contributed by atoms with Crippen molar-refractivity contribution in [2.24, 2.45) is 4.99 Å². The van der Waals surface area contributed by atoms with E-state index in [1.165, 1.54) is 4.90 Å². The van der Waals surface area contributed by atoms with Gasteiger partial charge in [0.05, 0.1) is 17.2 Å². The van der Waals surface area contributed by atoms with Crippen LogP contribution in [0, 0.1) is 6.92 Å². The minimum Gasteiger partial charge on any atom is -0.356 e. The molecule has 1 unspecified atom stereocenters. The number of thiazole rings is 1. The lowest BCUT2D eigenvalue weighted by molar-refractivity contribution is -0.130. The normalized spacial score (nSPS) is 19.7. The largest absolute Gasteiger partial charge is 0.356 e. The minimum absolute atomic E-state index is 0. The first kappa shape index (κ1) is 23.6. The van der Waals surface area contributed by atoms with Crippen molar-refractivity contribution in [3.05, 3.63) is 16.1 Å². The smallest absolute Gasteiger partial charge is 0.325 e. The van der Waals surface area contributed by atoms with E-state index in [4.69, 9.17) is 0 Å². The molecule has 2 rings (SSSR count). The van der Waals surface area contributed by atoms with Gasteiger partial charge in [-0.3, -0.25) is 14.7 Å².